The van der Waals surface area contributed by atoms with Crippen molar-refractivity contribution < 1.29 is 4.74 Å². The normalized spacial score (nSPS) is 10.2. The minimum absolute atomic E-state index is 0.736. The highest BCUT2D eigenvalue weighted by Gasteiger charge is 1.94. The lowest BCUT2D eigenvalue weighted by molar-refractivity contribution is 0.315. The molecule has 0 saturated heterocycles. The molecule has 0 unspecified atom stereocenters. The Balaban J connectivity index is 1.63. The molecule has 0 aliphatic heterocycles. The monoisotopic (exact) mass is 273 g/mol. The summed E-state index contributed by atoms with van der Waals surface area (Å²) in [5.74, 6) is 0.937. The molecule has 0 amide bonds. The van der Waals surface area contributed by atoms with Crippen molar-refractivity contribution in [1.82, 2.24) is 0 Å². The maximum Gasteiger partial charge on any atom is 0.119 e. The molecule has 19 heavy (non-hydrogen) atoms. The van der Waals surface area contributed by atoms with Crippen molar-refractivity contribution in [3.05, 3.63) is 54.6 Å². The van der Waals surface area contributed by atoms with Gasteiger partial charge in [0.1, 0.15) is 5.75 Å². The van der Waals surface area contributed by atoms with E-state index in [4.69, 9.17) is 4.74 Å². The maximum atomic E-state index is 5.64. The van der Waals surface area contributed by atoms with Gasteiger partial charge < -0.3 is 10.1 Å². The molecule has 0 fully saturated rings. The van der Waals surface area contributed by atoms with Gasteiger partial charge in [0.05, 0.1) is 6.61 Å². The molecule has 0 atom stereocenters. The van der Waals surface area contributed by atoms with Gasteiger partial charge in [-0.1, -0.05) is 18.2 Å². The fourth-order valence-corrected chi connectivity index (χ4v) is 2.13. The SMILES string of the molecule is CSc1ccc(NCCCOc2ccccc2)cc1. The Morgan fingerprint density at radius 1 is 1.00 bits per heavy atom. The second-order valence-electron chi connectivity index (χ2n) is 4.17. The van der Waals surface area contributed by atoms with Crippen LogP contribution < -0.4 is 10.1 Å². The Bertz CT molecular complexity index is 470. The van der Waals surface area contributed by atoms with Gasteiger partial charge >= 0.3 is 0 Å². The van der Waals surface area contributed by atoms with Crippen molar-refractivity contribution >= 4 is 17.4 Å². The van der Waals surface area contributed by atoms with E-state index in [1.807, 2.05) is 30.3 Å². The number of hydrogen-bond donors (Lipinski definition) is 1. The van der Waals surface area contributed by atoms with Crippen LogP contribution in [0.3, 0.4) is 0 Å². The van der Waals surface area contributed by atoms with Gasteiger partial charge in [0.15, 0.2) is 0 Å². The van der Waals surface area contributed by atoms with Crippen molar-refractivity contribution in [3.8, 4) is 5.75 Å². The molecule has 2 rings (SSSR count). The Morgan fingerprint density at radius 2 is 1.74 bits per heavy atom. The highest BCUT2D eigenvalue weighted by atomic mass is 32.2. The lowest BCUT2D eigenvalue weighted by atomic mass is 10.3. The summed E-state index contributed by atoms with van der Waals surface area (Å²) < 4.78 is 5.64. The maximum absolute atomic E-state index is 5.64. The number of hydrogen-bond acceptors (Lipinski definition) is 3. The van der Waals surface area contributed by atoms with Crippen LogP contribution >= 0.6 is 11.8 Å². The first-order chi connectivity index (χ1) is 9.38. The fourth-order valence-electron chi connectivity index (χ4n) is 1.72. The minimum atomic E-state index is 0.736. The van der Waals surface area contributed by atoms with Crippen molar-refractivity contribution in [2.75, 3.05) is 24.7 Å². The van der Waals surface area contributed by atoms with Crippen molar-refractivity contribution in [2.24, 2.45) is 0 Å². The summed E-state index contributed by atoms with van der Waals surface area (Å²) in [6.45, 7) is 1.66. The van der Waals surface area contributed by atoms with E-state index in [9.17, 15) is 0 Å². The van der Waals surface area contributed by atoms with Crippen molar-refractivity contribution in [3.63, 3.8) is 0 Å². The molecular weight excluding hydrogens is 254 g/mol. The van der Waals surface area contributed by atoms with Gasteiger partial charge in [-0.2, -0.15) is 0 Å². The number of nitrogens with one attached hydrogen (secondary N) is 1. The van der Waals surface area contributed by atoms with Crippen LogP contribution in [0.15, 0.2) is 59.5 Å². The smallest absolute Gasteiger partial charge is 0.119 e. The van der Waals surface area contributed by atoms with E-state index in [0.717, 1.165) is 31.0 Å². The molecule has 0 spiro atoms. The van der Waals surface area contributed by atoms with Crippen LogP contribution in [0.4, 0.5) is 5.69 Å². The molecule has 0 aliphatic rings. The van der Waals surface area contributed by atoms with Crippen LogP contribution in [0.2, 0.25) is 0 Å². The van der Waals surface area contributed by atoms with Gasteiger partial charge in [-0.3, -0.25) is 0 Å². The third-order valence-corrected chi connectivity index (χ3v) is 3.50. The molecule has 2 nitrogen and oxygen atoms in total. The number of para-hydroxylation sites is 1. The number of benzene rings is 2. The lowest BCUT2D eigenvalue weighted by Gasteiger charge is -2.08. The fraction of sp³-hybridized carbons (Fsp3) is 0.250. The highest BCUT2D eigenvalue weighted by Crippen LogP contribution is 2.17. The third-order valence-electron chi connectivity index (χ3n) is 2.75. The van der Waals surface area contributed by atoms with Gasteiger partial charge in [-0.05, 0) is 49.1 Å². The topological polar surface area (TPSA) is 21.3 Å². The average molecular weight is 273 g/mol. The standard InChI is InChI=1S/C16H19NOS/c1-19-16-10-8-14(9-11-16)17-12-5-13-18-15-6-3-2-4-7-15/h2-4,6-11,17H,5,12-13H2,1H3. The van der Waals surface area contributed by atoms with E-state index in [1.54, 1.807) is 11.8 Å². The van der Waals surface area contributed by atoms with E-state index in [1.165, 1.54) is 4.90 Å². The molecule has 0 bridgehead atoms. The number of anilines is 1. The largest absolute Gasteiger partial charge is 0.494 e. The summed E-state index contributed by atoms with van der Waals surface area (Å²) in [7, 11) is 0. The molecule has 0 radical (unpaired) electrons. The first kappa shape index (κ1) is 13.8. The molecule has 2 aromatic rings. The Kier molecular flexibility index (Phi) is 5.63. The molecule has 100 valence electrons. The van der Waals surface area contributed by atoms with Crippen LogP contribution in [0.25, 0.3) is 0 Å². The zero-order valence-electron chi connectivity index (χ0n) is 11.1. The number of thioether (sulfide) groups is 1. The zero-order chi connectivity index (χ0) is 13.3. The van der Waals surface area contributed by atoms with Gasteiger partial charge in [0, 0.05) is 17.1 Å². The van der Waals surface area contributed by atoms with Gasteiger partial charge in [-0.25, -0.2) is 0 Å². The number of rotatable bonds is 7. The predicted molar refractivity (Wildman–Crippen MR) is 83.3 cm³/mol. The summed E-state index contributed by atoms with van der Waals surface area (Å²) >= 11 is 1.76. The molecule has 0 saturated carbocycles. The first-order valence-electron chi connectivity index (χ1n) is 6.44. The van der Waals surface area contributed by atoms with Gasteiger partial charge in [0.2, 0.25) is 0 Å². The van der Waals surface area contributed by atoms with Crippen LogP contribution in [0.1, 0.15) is 6.42 Å². The van der Waals surface area contributed by atoms with E-state index < -0.39 is 0 Å². The lowest BCUT2D eigenvalue weighted by Crippen LogP contribution is -2.07. The van der Waals surface area contributed by atoms with E-state index in [2.05, 4.69) is 35.8 Å². The van der Waals surface area contributed by atoms with Crippen LogP contribution in [0.5, 0.6) is 5.75 Å². The van der Waals surface area contributed by atoms with Crippen LogP contribution in [0, 0.1) is 0 Å². The second-order valence-corrected chi connectivity index (χ2v) is 5.05. The minimum Gasteiger partial charge on any atom is -0.494 e. The second kappa shape index (κ2) is 7.74. The summed E-state index contributed by atoms with van der Waals surface area (Å²) in [4.78, 5) is 1.29. The summed E-state index contributed by atoms with van der Waals surface area (Å²) in [6.07, 6.45) is 3.07. The first-order valence-corrected chi connectivity index (χ1v) is 7.67. The molecule has 3 heteroatoms. The zero-order valence-corrected chi connectivity index (χ0v) is 12.0. The van der Waals surface area contributed by atoms with Gasteiger partial charge in [-0.15, -0.1) is 11.8 Å². The third kappa shape index (κ3) is 4.87. The highest BCUT2D eigenvalue weighted by molar-refractivity contribution is 7.98. The molecule has 0 aliphatic carbocycles. The molecule has 0 heterocycles. The molecular formula is C16H19NOS. The van der Waals surface area contributed by atoms with E-state index in [-0.39, 0.29) is 0 Å². The van der Waals surface area contributed by atoms with Crippen molar-refractivity contribution in [1.29, 1.82) is 0 Å². The molecule has 0 aromatic heterocycles. The predicted octanol–water partition coefficient (Wildman–Crippen LogP) is 4.29. The molecule has 1 N–H and O–H groups in total. The van der Waals surface area contributed by atoms with E-state index >= 15 is 0 Å². The Labute approximate surface area is 119 Å². The van der Waals surface area contributed by atoms with Crippen molar-refractivity contribution in [2.45, 2.75) is 11.3 Å². The van der Waals surface area contributed by atoms with Crippen LogP contribution in [-0.2, 0) is 0 Å². The Morgan fingerprint density at radius 3 is 2.42 bits per heavy atom. The van der Waals surface area contributed by atoms with Crippen LogP contribution in [-0.4, -0.2) is 19.4 Å². The Hall–Kier alpha value is -1.61. The summed E-state index contributed by atoms with van der Waals surface area (Å²) in [5.41, 5.74) is 1.16. The summed E-state index contributed by atoms with van der Waals surface area (Å²) in [6, 6.07) is 18.4. The quantitative estimate of drug-likeness (QED) is 0.600. The molecule has 2 aromatic carbocycles. The van der Waals surface area contributed by atoms with Gasteiger partial charge in [0.25, 0.3) is 0 Å². The summed E-state index contributed by atoms with van der Waals surface area (Å²) in [5, 5.41) is 3.39. The van der Waals surface area contributed by atoms with E-state index in [0.29, 0.717) is 0 Å². The average Bonchev–Trinajstić information content (AvgIpc) is 2.49. The number of ether oxygens (including phenoxy) is 1.